The zero-order valence-electron chi connectivity index (χ0n) is 10.3. The van der Waals surface area contributed by atoms with Gasteiger partial charge in [-0.1, -0.05) is 23.7 Å². The van der Waals surface area contributed by atoms with E-state index in [1.54, 1.807) is 0 Å². The zero-order chi connectivity index (χ0) is 12.5. The van der Waals surface area contributed by atoms with Crippen LogP contribution in [-0.4, -0.2) is 12.1 Å². The third kappa shape index (κ3) is 2.46. The van der Waals surface area contributed by atoms with E-state index in [0.29, 0.717) is 0 Å². The maximum Gasteiger partial charge on any atom is 0.0851 e. The van der Waals surface area contributed by atoms with Gasteiger partial charge in [0.05, 0.1) is 11.5 Å². The minimum Gasteiger partial charge on any atom is -0.312 e. The number of nitriles is 1. The molecule has 2 nitrogen and oxygen atoms in total. The number of rotatable bonds is 1. The Morgan fingerprint density at radius 1 is 1.29 bits per heavy atom. The van der Waals surface area contributed by atoms with Crippen molar-refractivity contribution >= 4 is 11.6 Å². The van der Waals surface area contributed by atoms with Crippen molar-refractivity contribution in [1.82, 2.24) is 5.32 Å². The van der Waals surface area contributed by atoms with Crippen molar-refractivity contribution in [3.05, 3.63) is 34.9 Å². The van der Waals surface area contributed by atoms with Crippen molar-refractivity contribution in [2.24, 2.45) is 0 Å². The molecule has 1 N–H and O–H groups in total. The van der Waals surface area contributed by atoms with Gasteiger partial charge in [0, 0.05) is 10.6 Å². The predicted octanol–water partition coefficient (Wildman–Crippen LogP) is 3.26. The van der Waals surface area contributed by atoms with E-state index in [9.17, 15) is 5.26 Å². The minimum absolute atomic E-state index is 0.00756. The molecule has 0 saturated carbocycles. The van der Waals surface area contributed by atoms with Gasteiger partial charge in [-0.2, -0.15) is 5.26 Å². The Balaban J connectivity index is 2.38. The van der Waals surface area contributed by atoms with Gasteiger partial charge < -0.3 is 5.32 Å². The minimum atomic E-state index is -0.376. The van der Waals surface area contributed by atoms with Crippen LogP contribution in [0.4, 0.5) is 0 Å². The Morgan fingerprint density at radius 3 is 2.47 bits per heavy atom. The largest absolute Gasteiger partial charge is 0.312 e. The fourth-order valence-corrected chi connectivity index (χ4v) is 2.82. The Bertz CT molecular complexity index is 444. The van der Waals surface area contributed by atoms with Crippen LogP contribution < -0.4 is 5.32 Å². The first-order valence-corrected chi connectivity index (χ1v) is 6.28. The summed E-state index contributed by atoms with van der Waals surface area (Å²) in [6, 6.07) is 10.2. The Kier molecular flexibility index (Phi) is 3.16. The van der Waals surface area contributed by atoms with E-state index in [1.807, 2.05) is 24.3 Å². The van der Waals surface area contributed by atoms with Gasteiger partial charge in [-0.15, -0.1) is 0 Å². The number of hydrogen-bond acceptors (Lipinski definition) is 2. The highest BCUT2D eigenvalue weighted by Gasteiger charge is 2.41. The van der Waals surface area contributed by atoms with E-state index in [-0.39, 0.29) is 11.0 Å². The van der Waals surface area contributed by atoms with Crippen molar-refractivity contribution in [2.45, 2.75) is 37.6 Å². The standard InChI is InChI=1S/C14H17ClN2/c1-13(2)9-14(10-16,7-8-17-13)11-3-5-12(15)6-4-11/h3-6,17H,7-9H2,1-2H3. The van der Waals surface area contributed by atoms with Gasteiger partial charge in [-0.3, -0.25) is 0 Å². The van der Waals surface area contributed by atoms with Crippen LogP contribution in [0.3, 0.4) is 0 Å². The fraction of sp³-hybridized carbons (Fsp3) is 0.500. The topological polar surface area (TPSA) is 35.8 Å². The monoisotopic (exact) mass is 248 g/mol. The van der Waals surface area contributed by atoms with Crippen LogP contribution in [0.1, 0.15) is 32.3 Å². The fourth-order valence-electron chi connectivity index (χ4n) is 2.69. The molecule has 1 atom stereocenters. The molecular formula is C14H17ClN2. The third-order valence-electron chi connectivity index (χ3n) is 3.51. The van der Waals surface area contributed by atoms with Crippen molar-refractivity contribution in [1.29, 1.82) is 5.26 Å². The molecular weight excluding hydrogens is 232 g/mol. The van der Waals surface area contributed by atoms with Crippen LogP contribution in [-0.2, 0) is 5.41 Å². The Labute approximate surface area is 108 Å². The van der Waals surface area contributed by atoms with Gasteiger partial charge in [0.2, 0.25) is 0 Å². The zero-order valence-corrected chi connectivity index (χ0v) is 11.0. The second-order valence-corrected chi connectivity index (χ2v) is 5.87. The summed E-state index contributed by atoms with van der Waals surface area (Å²) in [4.78, 5) is 0. The highest BCUT2D eigenvalue weighted by Crippen LogP contribution is 2.38. The molecule has 1 aromatic rings. The van der Waals surface area contributed by atoms with Gasteiger partial charge in [0.25, 0.3) is 0 Å². The quantitative estimate of drug-likeness (QED) is 0.828. The van der Waals surface area contributed by atoms with Gasteiger partial charge >= 0.3 is 0 Å². The number of nitrogens with zero attached hydrogens (tertiary/aromatic N) is 1. The molecule has 3 heteroatoms. The molecule has 90 valence electrons. The smallest absolute Gasteiger partial charge is 0.0851 e. The number of halogens is 1. The lowest BCUT2D eigenvalue weighted by atomic mass is 9.68. The molecule has 1 saturated heterocycles. The molecule has 1 aliphatic heterocycles. The van der Waals surface area contributed by atoms with E-state index in [4.69, 9.17) is 11.6 Å². The lowest BCUT2D eigenvalue weighted by Gasteiger charge is -2.42. The van der Waals surface area contributed by atoms with Crippen molar-refractivity contribution in [2.75, 3.05) is 6.54 Å². The van der Waals surface area contributed by atoms with Crippen LogP contribution in [0.25, 0.3) is 0 Å². The maximum absolute atomic E-state index is 9.59. The molecule has 0 bridgehead atoms. The summed E-state index contributed by atoms with van der Waals surface area (Å²) in [5, 5.41) is 13.8. The van der Waals surface area contributed by atoms with E-state index in [2.05, 4.69) is 25.2 Å². The maximum atomic E-state index is 9.59. The normalized spacial score (nSPS) is 27.4. The van der Waals surface area contributed by atoms with Crippen molar-refractivity contribution < 1.29 is 0 Å². The van der Waals surface area contributed by atoms with E-state index in [1.165, 1.54) is 0 Å². The van der Waals surface area contributed by atoms with Gasteiger partial charge in [-0.05, 0) is 50.9 Å². The summed E-state index contributed by atoms with van der Waals surface area (Å²) in [5.41, 5.74) is 0.714. The average Bonchev–Trinajstić information content (AvgIpc) is 2.28. The van der Waals surface area contributed by atoms with Crippen LogP contribution in [0.5, 0.6) is 0 Å². The molecule has 0 aromatic heterocycles. The molecule has 0 amide bonds. The third-order valence-corrected chi connectivity index (χ3v) is 3.76. The van der Waals surface area contributed by atoms with Crippen LogP contribution in [0.2, 0.25) is 5.02 Å². The number of benzene rings is 1. The lowest BCUT2D eigenvalue weighted by molar-refractivity contribution is 0.233. The predicted molar refractivity (Wildman–Crippen MR) is 70.1 cm³/mol. The first-order chi connectivity index (χ1) is 7.97. The summed E-state index contributed by atoms with van der Waals surface area (Å²) < 4.78 is 0. The molecule has 1 unspecified atom stereocenters. The SMILES string of the molecule is CC1(C)CC(C#N)(c2ccc(Cl)cc2)CCN1. The van der Waals surface area contributed by atoms with Gasteiger partial charge in [0.15, 0.2) is 0 Å². The average molecular weight is 249 g/mol. The summed E-state index contributed by atoms with van der Waals surface area (Å²) >= 11 is 5.90. The molecule has 1 heterocycles. The summed E-state index contributed by atoms with van der Waals surface area (Å²) in [6.45, 7) is 5.17. The highest BCUT2D eigenvalue weighted by atomic mass is 35.5. The summed E-state index contributed by atoms with van der Waals surface area (Å²) in [7, 11) is 0. The molecule has 1 aliphatic rings. The summed E-state index contributed by atoms with van der Waals surface area (Å²) in [5.74, 6) is 0. The number of nitrogens with one attached hydrogen (secondary N) is 1. The van der Waals surface area contributed by atoms with Gasteiger partial charge in [-0.25, -0.2) is 0 Å². The first-order valence-electron chi connectivity index (χ1n) is 5.90. The Morgan fingerprint density at radius 2 is 1.94 bits per heavy atom. The number of piperidine rings is 1. The lowest BCUT2D eigenvalue weighted by Crippen LogP contribution is -2.52. The van der Waals surface area contributed by atoms with Crippen LogP contribution in [0, 0.1) is 11.3 Å². The van der Waals surface area contributed by atoms with Crippen LogP contribution in [0.15, 0.2) is 24.3 Å². The molecule has 1 aromatic carbocycles. The van der Waals surface area contributed by atoms with Gasteiger partial charge in [0.1, 0.15) is 0 Å². The highest BCUT2D eigenvalue weighted by molar-refractivity contribution is 6.30. The van der Waals surface area contributed by atoms with Crippen LogP contribution >= 0.6 is 11.6 Å². The molecule has 1 fully saturated rings. The van der Waals surface area contributed by atoms with E-state index in [0.717, 1.165) is 30.0 Å². The summed E-state index contributed by atoms with van der Waals surface area (Å²) in [6.07, 6.45) is 1.69. The van der Waals surface area contributed by atoms with E-state index >= 15 is 0 Å². The molecule has 0 radical (unpaired) electrons. The van der Waals surface area contributed by atoms with Crippen molar-refractivity contribution in [3.8, 4) is 6.07 Å². The number of hydrogen-bond donors (Lipinski definition) is 1. The molecule has 0 aliphatic carbocycles. The second-order valence-electron chi connectivity index (χ2n) is 5.44. The molecule has 2 rings (SSSR count). The molecule has 17 heavy (non-hydrogen) atoms. The van der Waals surface area contributed by atoms with Crippen molar-refractivity contribution in [3.63, 3.8) is 0 Å². The Hall–Kier alpha value is -1.04. The second kappa shape index (κ2) is 4.33. The molecule has 0 spiro atoms. The first kappa shape index (κ1) is 12.4. The van der Waals surface area contributed by atoms with E-state index < -0.39 is 0 Å².